The lowest BCUT2D eigenvalue weighted by Gasteiger charge is -2.67. The topological polar surface area (TPSA) is 401 Å². The molecule has 1 saturated heterocycles. The van der Waals surface area contributed by atoms with Crippen LogP contribution in [0, 0.1) is 28.6 Å². The number of rotatable bonds is 30. The Morgan fingerprint density at radius 3 is 1.96 bits per heavy atom. The number of esters is 3. The van der Waals surface area contributed by atoms with E-state index in [2.05, 4.69) is 26.6 Å². The van der Waals surface area contributed by atoms with Crippen molar-refractivity contribution in [1.29, 1.82) is 0 Å². The van der Waals surface area contributed by atoms with Crippen LogP contribution < -0.4 is 32.3 Å². The lowest BCUT2D eigenvalue weighted by molar-refractivity contribution is -0.347. The molecule has 3 aromatic rings. The maximum Gasteiger partial charge on any atom is 0.410 e. The first-order valence-corrected chi connectivity index (χ1v) is 35.5. The van der Waals surface area contributed by atoms with Crippen molar-refractivity contribution in [3.63, 3.8) is 0 Å². The van der Waals surface area contributed by atoms with Gasteiger partial charge < -0.3 is 89.9 Å². The van der Waals surface area contributed by atoms with Crippen molar-refractivity contribution in [2.45, 2.75) is 200 Å². The lowest BCUT2D eigenvalue weighted by Crippen LogP contribution is -2.82. The van der Waals surface area contributed by atoms with Gasteiger partial charge >= 0.3 is 42.2 Å². The first-order chi connectivity index (χ1) is 49.7. The highest BCUT2D eigenvalue weighted by Gasteiger charge is 2.78. The Morgan fingerprint density at radius 1 is 0.783 bits per heavy atom. The monoisotopic (exact) mass is 1480 g/mol. The standard InChI is InChI=1S/C76H104N8O22/c1-42(2)51(86)33-34-55(87)81-57(43(3)4)65(90)80-50(28-23-35-78-68(77)93)64(89)79-49-31-29-46(30-32-49)40-100-70(95)83(13)36-37-84(14)71(96)103-60(58(47-24-19-17-20-25-47)82-69(94)106-72(7,8)9)67(92)102-52-39-76(97)63(104-66(91)48-26-21-18-22-27-48)61-74(12,62(88)59(99-16)56(44(52)5)73(76,10)11)53(98-15)38-54-75(61,41-101-54)105-45(6)85/h17-22,24-27,29-32,42-43,50,52-54,57-61,63,97H,23,28,33-41H2,1-16H3,(H,79,89)(H,80,90)(H,81,87)(H,82,94)(H3,77,78,93)/t50-,52-,53-,54+,57-,58-,59+,60+,61-,63-,74+,75-,76+/m0/s1. The van der Waals surface area contributed by atoms with Gasteiger partial charge in [0.2, 0.25) is 23.8 Å². The van der Waals surface area contributed by atoms with E-state index >= 15 is 9.59 Å². The van der Waals surface area contributed by atoms with Gasteiger partial charge in [-0.1, -0.05) is 102 Å². The quantitative estimate of drug-likeness (QED) is 0.0154. The molecule has 1 aliphatic heterocycles. The van der Waals surface area contributed by atoms with E-state index in [9.17, 15) is 53.1 Å². The summed E-state index contributed by atoms with van der Waals surface area (Å²) < 4.78 is 55.3. The van der Waals surface area contributed by atoms with Gasteiger partial charge in [0.1, 0.15) is 66.1 Å². The van der Waals surface area contributed by atoms with Gasteiger partial charge in [-0.3, -0.25) is 28.8 Å². The van der Waals surface area contributed by atoms with Crippen LogP contribution in [-0.4, -0.2) is 206 Å². The van der Waals surface area contributed by atoms with Crippen molar-refractivity contribution in [2.75, 3.05) is 59.9 Å². The molecule has 2 bridgehead atoms. The molecule has 0 unspecified atom stereocenters. The molecular weight excluding hydrogens is 1380 g/mol. The molecule has 1 heterocycles. The van der Waals surface area contributed by atoms with Crippen molar-refractivity contribution >= 4 is 77.2 Å². The van der Waals surface area contributed by atoms with Crippen molar-refractivity contribution in [3.8, 4) is 0 Å². The predicted molar refractivity (Wildman–Crippen MR) is 383 cm³/mol. The third-order valence-corrected chi connectivity index (χ3v) is 20.3. The Kier molecular flexibility index (Phi) is 27.9. The number of likely N-dealkylation sites (N-methyl/N-ethyl adjacent to an activating group) is 2. The van der Waals surface area contributed by atoms with Crippen LogP contribution in [0.2, 0.25) is 0 Å². The van der Waals surface area contributed by atoms with E-state index in [0.29, 0.717) is 11.3 Å². The maximum atomic E-state index is 16.0. The van der Waals surface area contributed by atoms with Crippen molar-refractivity contribution in [1.82, 2.24) is 31.1 Å². The molecule has 0 aromatic heterocycles. The van der Waals surface area contributed by atoms with Gasteiger partial charge in [0.15, 0.2) is 11.4 Å². The second-order valence-electron chi connectivity index (χ2n) is 29.8. The van der Waals surface area contributed by atoms with Crippen LogP contribution in [0.4, 0.5) is 24.9 Å². The summed E-state index contributed by atoms with van der Waals surface area (Å²) in [7, 11) is 5.44. The fraction of sp³-hybridized carbons (Fsp3) is 0.579. The maximum absolute atomic E-state index is 16.0. The normalized spacial score (nSPS) is 24.0. The first kappa shape index (κ1) is 83.7. The number of primary amides is 1. The van der Waals surface area contributed by atoms with Crippen LogP contribution in [0.5, 0.6) is 0 Å². The predicted octanol–water partition coefficient (Wildman–Crippen LogP) is 6.93. The molecule has 3 fully saturated rings. The third kappa shape index (κ3) is 19.4. The number of benzene rings is 3. The zero-order valence-electron chi connectivity index (χ0n) is 63.3. The van der Waals surface area contributed by atoms with Gasteiger partial charge in [-0.25, -0.2) is 28.8 Å². The average molecular weight is 1480 g/mol. The summed E-state index contributed by atoms with van der Waals surface area (Å²) in [6, 6.07) is 17.6. The minimum absolute atomic E-state index is 0.00187. The molecule has 13 atom stereocenters. The number of aliphatic hydroxyl groups is 1. The largest absolute Gasteiger partial charge is 0.455 e. The molecule has 0 radical (unpaired) electrons. The fourth-order valence-electron chi connectivity index (χ4n) is 14.4. The summed E-state index contributed by atoms with van der Waals surface area (Å²) in [5.41, 5.74) is -1.90. The highest BCUT2D eigenvalue weighted by molar-refractivity contribution is 5.99. The Balaban J connectivity index is 1.12. The van der Waals surface area contributed by atoms with Gasteiger partial charge in [-0.15, -0.1) is 0 Å². The number of Topliss-reactive ketones (excluding diaryl/α,β-unsaturated/α-hetero) is 2. The number of amides is 8. The number of ether oxygens (including phenoxy) is 9. The van der Waals surface area contributed by atoms with Gasteiger partial charge in [0, 0.05) is 97.6 Å². The zero-order valence-corrected chi connectivity index (χ0v) is 63.3. The second-order valence-corrected chi connectivity index (χ2v) is 29.8. The van der Waals surface area contributed by atoms with Gasteiger partial charge in [-0.05, 0) is 99.9 Å². The number of methoxy groups -OCH3 is 2. The Morgan fingerprint density at radius 2 is 1.41 bits per heavy atom. The molecule has 2 saturated carbocycles. The van der Waals surface area contributed by atoms with Gasteiger partial charge in [0.25, 0.3) is 0 Å². The minimum Gasteiger partial charge on any atom is -0.455 e. The molecule has 106 heavy (non-hydrogen) atoms. The van der Waals surface area contributed by atoms with Gasteiger partial charge in [-0.2, -0.15) is 0 Å². The van der Waals surface area contributed by atoms with E-state index in [0.717, 1.165) is 4.90 Å². The fourth-order valence-corrected chi connectivity index (χ4v) is 14.4. The molecule has 30 heteroatoms. The minimum atomic E-state index is -2.40. The summed E-state index contributed by atoms with van der Waals surface area (Å²) in [5.74, 6) is -7.55. The second kappa shape index (κ2) is 35.3. The number of hydrogen-bond donors (Lipinski definition) is 7. The SMILES string of the molecule is CO[C@H]1C(=O)[C@]2(C)[C@@H](OC)C[C@H]3OC[C@@]3(OC(C)=O)[C@H]2[C@H](OC(=O)c2ccccc2)[C@]2(O)C[C@H](OC(=O)[C@H](OC(=O)N(C)CCN(C)C(=O)OCc3ccc(NC(=O)[C@H](CCCNC(N)=O)NC(=O)[C@@H](NC(=O)CCC(=O)C(C)C)C(C)C)cc3)[C@@H](NC(=O)OC(C)(C)C)c3ccccc3)C(C)=C1C2(C)C. The highest BCUT2D eigenvalue weighted by atomic mass is 16.6. The van der Waals surface area contributed by atoms with Crippen molar-refractivity contribution in [3.05, 3.63) is 113 Å². The van der Waals surface area contributed by atoms with Gasteiger partial charge in [0.05, 0.1) is 29.6 Å². The van der Waals surface area contributed by atoms with E-state index in [1.54, 1.807) is 149 Å². The molecule has 3 aliphatic carbocycles. The molecule has 580 valence electrons. The van der Waals surface area contributed by atoms with Crippen LogP contribution in [-0.2, 0) is 82.8 Å². The summed E-state index contributed by atoms with van der Waals surface area (Å²) in [5, 5.41) is 27.5. The Labute approximate surface area is 617 Å². The number of hydrogen-bond acceptors (Lipinski definition) is 22. The summed E-state index contributed by atoms with van der Waals surface area (Å²) in [6.07, 6.45) is -12.3. The molecule has 8 amide bonds. The summed E-state index contributed by atoms with van der Waals surface area (Å²) >= 11 is 0. The van der Waals surface area contributed by atoms with E-state index in [1.807, 2.05) is 0 Å². The van der Waals surface area contributed by atoms with Crippen LogP contribution >= 0.6 is 0 Å². The number of urea groups is 1. The number of ketones is 2. The van der Waals surface area contributed by atoms with Crippen LogP contribution in [0.25, 0.3) is 0 Å². The smallest absolute Gasteiger partial charge is 0.410 e. The number of carbonyl (C=O) groups is 12. The summed E-state index contributed by atoms with van der Waals surface area (Å²) in [6.45, 7) is 18.5. The van der Waals surface area contributed by atoms with E-state index in [4.69, 9.17) is 48.4 Å². The number of fused-ring (bicyclic) bond motifs is 5. The number of nitrogens with zero attached hydrogens (tertiary/aromatic N) is 2. The van der Waals surface area contributed by atoms with Crippen molar-refractivity contribution < 1.29 is 105 Å². The molecule has 0 spiro atoms. The van der Waals surface area contributed by atoms with E-state index in [1.165, 1.54) is 52.3 Å². The molecule has 7 rings (SSSR count). The molecule has 3 aromatic carbocycles. The molecule has 4 aliphatic rings. The third-order valence-electron chi connectivity index (χ3n) is 20.3. The number of alkyl carbamates (subject to hydrolysis) is 1. The summed E-state index contributed by atoms with van der Waals surface area (Å²) in [4.78, 5) is 168. The Bertz CT molecular complexity index is 3730. The van der Waals surface area contributed by atoms with Crippen LogP contribution in [0.3, 0.4) is 0 Å². The number of nitrogens with one attached hydrogen (secondary N) is 5. The highest BCUT2D eigenvalue weighted by Crippen LogP contribution is 2.65. The zero-order chi connectivity index (χ0) is 78.6. The molecular formula is C76H104N8O22. The first-order valence-electron chi connectivity index (χ1n) is 35.5. The van der Waals surface area contributed by atoms with Crippen molar-refractivity contribution in [2.24, 2.45) is 34.3 Å². The number of nitrogens with two attached hydrogens (primary N) is 1. The van der Waals surface area contributed by atoms with E-state index in [-0.39, 0.29) is 98.9 Å². The average Bonchev–Trinajstić information content (AvgIpc) is 0.668. The number of carbonyl (C=O) groups excluding carboxylic acids is 12. The Hall–Kier alpha value is -9.52. The van der Waals surface area contributed by atoms with E-state index < -0.39 is 166 Å². The molecule has 8 N–H and O–H groups in total. The van der Waals surface area contributed by atoms with Crippen LogP contribution in [0.1, 0.15) is 149 Å². The van der Waals surface area contributed by atoms with Crippen LogP contribution in [0.15, 0.2) is 96.1 Å². The molecule has 30 nitrogen and oxygen atoms in total. The lowest BCUT2D eigenvalue weighted by atomic mass is 9.44. The number of anilines is 1.